The van der Waals surface area contributed by atoms with Gasteiger partial charge in [-0.3, -0.25) is 0 Å². The Morgan fingerprint density at radius 1 is 1.21 bits per heavy atom. The van der Waals surface area contributed by atoms with E-state index < -0.39 is 0 Å². The summed E-state index contributed by atoms with van der Waals surface area (Å²) in [6, 6.07) is 3.85. The number of rotatable bonds is 8. The molecule has 0 spiro atoms. The minimum absolute atomic E-state index is 0.185. The number of halogens is 2. The van der Waals surface area contributed by atoms with Gasteiger partial charge in [0, 0.05) is 11.8 Å². The molecule has 0 heterocycles. The van der Waals surface area contributed by atoms with Gasteiger partial charge in [-0.25, -0.2) is 8.78 Å². The molecule has 1 atom stereocenters. The smallest absolute Gasteiger partial charge is 0.126 e. The Morgan fingerprint density at radius 2 is 1.95 bits per heavy atom. The second kappa shape index (κ2) is 8.54. The molecule has 0 amide bonds. The van der Waals surface area contributed by atoms with Gasteiger partial charge in [-0.05, 0) is 48.4 Å². The van der Waals surface area contributed by atoms with E-state index in [-0.39, 0.29) is 17.7 Å². The van der Waals surface area contributed by atoms with Crippen LogP contribution in [0.1, 0.15) is 26.3 Å². The predicted molar refractivity (Wildman–Crippen MR) is 79.7 cm³/mol. The molecule has 1 nitrogen and oxygen atoms in total. The molecule has 108 valence electrons. The third-order valence-corrected chi connectivity index (χ3v) is 4.28. The Kier molecular flexibility index (Phi) is 7.39. The van der Waals surface area contributed by atoms with Crippen molar-refractivity contribution in [3.63, 3.8) is 0 Å². The van der Waals surface area contributed by atoms with Crippen LogP contribution in [0.25, 0.3) is 0 Å². The molecule has 0 saturated heterocycles. The lowest BCUT2D eigenvalue weighted by Gasteiger charge is -2.18. The second-order valence-electron chi connectivity index (χ2n) is 5.13. The summed E-state index contributed by atoms with van der Waals surface area (Å²) in [5.41, 5.74) is 0.455. The van der Waals surface area contributed by atoms with Gasteiger partial charge in [0.15, 0.2) is 0 Å². The van der Waals surface area contributed by atoms with E-state index in [1.807, 2.05) is 18.7 Å². The highest BCUT2D eigenvalue weighted by atomic mass is 32.2. The first-order valence-corrected chi connectivity index (χ1v) is 7.93. The molecule has 0 aliphatic heterocycles. The fraction of sp³-hybridized carbons (Fsp3) is 0.600. The lowest BCUT2D eigenvalue weighted by atomic mass is 10.1. The zero-order valence-corrected chi connectivity index (χ0v) is 12.7. The van der Waals surface area contributed by atoms with Crippen LogP contribution in [0.2, 0.25) is 0 Å². The number of benzene rings is 1. The number of nitrogens with one attached hydrogen (secondary N) is 1. The topological polar surface area (TPSA) is 12.0 Å². The maximum absolute atomic E-state index is 13.6. The Hall–Kier alpha value is -0.610. The molecule has 1 unspecified atom stereocenters. The Morgan fingerprint density at radius 3 is 2.58 bits per heavy atom. The molecule has 1 rings (SSSR count). The highest BCUT2D eigenvalue weighted by molar-refractivity contribution is 7.99. The van der Waals surface area contributed by atoms with Crippen molar-refractivity contribution in [2.24, 2.45) is 5.92 Å². The molecule has 0 radical (unpaired) electrons. The molecule has 1 aromatic carbocycles. The average Bonchev–Trinajstić information content (AvgIpc) is 2.33. The van der Waals surface area contributed by atoms with E-state index in [4.69, 9.17) is 0 Å². The van der Waals surface area contributed by atoms with Crippen molar-refractivity contribution in [2.75, 3.05) is 18.1 Å². The fourth-order valence-electron chi connectivity index (χ4n) is 1.89. The van der Waals surface area contributed by atoms with Gasteiger partial charge in [0.2, 0.25) is 0 Å². The van der Waals surface area contributed by atoms with E-state index >= 15 is 0 Å². The maximum atomic E-state index is 13.6. The molecule has 19 heavy (non-hydrogen) atoms. The summed E-state index contributed by atoms with van der Waals surface area (Å²) in [6.07, 6.45) is 0.530. The van der Waals surface area contributed by atoms with Crippen LogP contribution in [0.5, 0.6) is 0 Å². The minimum atomic E-state index is -0.374. The van der Waals surface area contributed by atoms with E-state index in [0.717, 1.165) is 24.1 Å². The molecule has 0 saturated carbocycles. The minimum Gasteiger partial charge on any atom is -0.313 e. The van der Waals surface area contributed by atoms with Crippen molar-refractivity contribution in [1.29, 1.82) is 0 Å². The number of hydrogen-bond donors (Lipinski definition) is 1. The van der Waals surface area contributed by atoms with Crippen LogP contribution in [0.3, 0.4) is 0 Å². The molecule has 4 heteroatoms. The third kappa shape index (κ3) is 6.39. The second-order valence-corrected chi connectivity index (χ2v) is 6.20. The van der Waals surface area contributed by atoms with Gasteiger partial charge in [-0.15, -0.1) is 0 Å². The van der Waals surface area contributed by atoms with Crippen LogP contribution in [-0.2, 0) is 6.42 Å². The van der Waals surface area contributed by atoms with Gasteiger partial charge in [0.05, 0.1) is 0 Å². The summed E-state index contributed by atoms with van der Waals surface area (Å²) in [7, 11) is 0. The number of thioether (sulfide) groups is 1. The van der Waals surface area contributed by atoms with Crippen molar-refractivity contribution < 1.29 is 8.78 Å². The number of hydrogen-bond acceptors (Lipinski definition) is 2. The van der Waals surface area contributed by atoms with Gasteiger partial charge < -0.3 is 5.32 Å². The van der Waals surface area contributed by atoms with Gasteiger partial charge in [0.25, 0.3) is 0 Å². The lowest BCUT2D eigenvalue weighted by Crippen LogP contribution is -2.33. The third-order valence-electron chi connectivity index (χ3n) is 2.74. The van der Waals surface area contributed by atoms with Crippen molar-refractivity contribution in [2.45, 2.75) is 33.2 Å². The first-order valence-electron chi connectivity index (χ1n) is 6.78. The summed E-state index contributed by atoms with van der Waals surface area (Å²) in [5, 5.41) is 3.34. The number of likely N-dealkylation sites (N-methyl/N-ethyl adjacent to an activating group) is 1. The molecular weight excluding hydrogens is 264 g/mol. The summed E-state index contributed by atoms with van der Waals surface area (Å²) in [6.45, 7) is 7.23. The van der Waals surface area contributed by atoms with Gasteiger partial charge in [0.1, 0.15) is 11.6 Å². The highest BCUT2D eigenvalue weighted by Gasteiger charge is 2.12. The van der Waals surface area contributed by atoms with Gasteiger partial charge in [-0.2, -0.15) is 11.8 Å². The van der Waals surface area contributed by atoms with E-state index in [0.29, 0.717) is 17.9 Å². The van der Waals surface area contributed by atoms with E-state index in [2.05, 4.69) is 19.2 Å². The normalized spacial score (nSPS) is 12.9. The lowest BCUT2D eigenvalue weighted by molar-refractivity contribution is 0.537. The SMILES string of the molecule is CCNC(CSCC(C)C)Cc1cc(F)ccc1F. The summed E-state index contributed by atoms with van der Waals surface area (Å²) >= 11 is 1.86. The fourth-order valence-corrected chi connectivity index (χ4v) is 3.02. The van der Waals surface area contributed by atoms with Crippen molar-refractivity contribution in [3.05, 3.63) is 35.4 Å². The average molecular weight is 287 g/mol. The standard InChI is InChI=1S/C15H23F2NS/c1-4-18-14(10-19-9-11(2)3)8-12-7-13(16)5-6-15(12)17/h5-7,11,14,18H,4,8-10H2,1-3H3. The van der Waals surface area contributed by atoms with Crippen LogP contribution < -0.4 is 5.32 Å². The van der Waals surface area contributed by atoms with Crippen LogP contribution in [-0.4, -0.2) is 24.1 Å². The molecule has 0 bridgehead atoms. The first-order chi connectivity index (χ1) is 9.02. The molecule has 0 fully saturated rings. The van der Waals surface area contributed by atoms with E-state index in [1.54, 1.807) is 0 Å². The maximum Gasteiger partial charge on any atom is 0.126 e. The summed E-state index contributed by atoms with van der Waals surface area (Å²) in [4.78, 5) is 0. The van der Waals surface area contributed by atoms with Crippen LogP contribution in [0, 0.1) is 17.6 Å². The Labute approximate surface area is 119 Å². The van der Waals surface area contributed by atoms with Gasteiger partial charge in [-0.1, -0.05) is 20.8 Å². The van der Waals surface area contributed by atoms with Gasteiger partial charge >= 0.3 is 0 Å². The summed E-state index contributed by atoms with van der Waals surface area (Å²) in [5.74, 6) is 1.97. The monoisotopic (exact) mass is 287 g/mol. The first kappa shape index (κ1) is 16.4. The predicted octanol–water partition coefficient (Wildman–Crippen LogP) is 3.87. The molecule has 0 aliphatic rings. The van der Waals surface area contributed by atoms with Crippen molar-refractivity contribution >= 4 is 11.8 Å². The Balaban J connectivity index is 2.58. The van der Waals surface area contributed by atoms with Crippen LogP contribution in [0.15, 0.2) is 18.2 Å². The Bertz CT molecular complexity index is 382. The molecular formula is C15H23F2NS. The molecule has 1 aromatic rings. The molecule has 0 aliphatic carbocycles. The van der Waals surface area contributed by atoms with E-state index in [1.165, 1.54) is 12.1 Å². The zero-order valence-electron chi connectivity index (χ0n) is 11.9. The van der Waals surface area contributed by atoms with Crippen molar-refractivity contribution in [1.82, 2.24) is 5.32 Å². The van der Waals surface area contributed by atoms with E-state index in [9.17, 15) is 8.78 Å². The van der Waals surface area contributed by atoms with Crippen LogP contribution >= 0.6 is 11.8 Å². The zero-order chi connectivity index (χ0) is 14.3. The molecule has 1 N–H and O–H groups in total. The molecule has 0 aromatic heterocycles. The quantitative estimate of drug-likeness (QED) is 0.779. The van der Waals surface area contributed by atoms with Crippen molar-refractivity contribution in [3.8, 4) is 0 Å². The largest absolute Gasteiger partial charge is 0.313 e. The van der Waals surface area contributed by atoms with Crippen LogP contribution in [0.4, 0.5) is 8.78 Å². The summed E-state index contributed by atoms with van der Waals surface area (Å²) < 4.78 is 26.8. The highest BCUT2D eigenvalue weighted by Crippen LogP contribution is 2.15.